The normalized spacial score (nSPS) is 15.8. The molecule has 50 heavy (non-hydrogen) atoms. The first-order valence-electron chi connectivity index (χ1n) is 22.9. The van der Waals surface area contributed by atoms with Gasteiger partial charge in [-0.05, 0) is 59.1 Å². The fraction of sp³-hybridized carbons (Fsp3) is 0. The van der Waals surface area contributed by atoms with Crippen LogP contribution in [0.15, 0.2) is 172 Å². The fourth-order valence-corrected chi connectivity index (χ4v) is 5.87. The lowest BCUT2D eigenvalue weighted by Gasteiger charge is -2.08. The Morgan fingerprint density at radius 1 is 0.400 bits per heavy atom. The lowest BCUT2D eigenvalue weighted by molar-refractivity contribution is 0.669. The zero-order valence-electron chi connectivity index (χ0n) is 40.6. The van der Waals surface area contributed by atoms with Gasteiger partial charge in [-0.15, -0.1) is 0 Å². The van der Waals surface area contributed by atoms with E-state index in [1.54, 1.807) is 36.4 Å². The monoisotopic (exact) mass is 656 g/mol. The van der Waals surface area contributed by atoms with Crippen LogP contribution in [0.4, 0.5) is 0 Å². The van der Waals surface area contributed by atoms with Gasteiger partial charge in [-0.3, -0.25) is 0 Å². The Bertz CT molecular complexity index is 3710. The number of para-hydroxylation sites is 2. The third-order valence-electron chi connectivity index (χ3n) is 8.21. The van der Waals surface area contributed by atoms with Gasteiger partial charge in [0.05, 0.1) is 20.6 Å². The van der Waals surface area contributed by atoms with E-state index >= 15 is 0 Å². The van der Waals surface area contributed by atoms with Crippen molar-refractivity contribution in [1.29, 1.82) is 0 Å². The van der Waals surface area contributed by atoms with Gasteiger partial charge < -0.3 is 8.83 Å². The van der Waals surface area contributed by atoms with Crippen molar-refractivity contribution in [3.05, 3.63) is 163 Å². The zero-order valence-corrected chi connectivity index (χ0v) is 25.6. The molecule has 0 radical (unpaired) electrons. The van der Waals surface area contributed by atoms with Crippen LogP contribution in [0, 0.1) is 0 Å². The predicted octanol–water partition coefficient (Wildman–Crippen LogP) is 12.0. The Morgan fingerprint density at radius 2 is 1.12 bits per heavy atom. The molecule has 5 heteroatoms. The lowest BCUT2D eigenvalue weighted by atomic mass is 9.97. The number of hydrogen-bond donors (Lipinski definition) is 0. The summed E-state index contributed by atoms with van der Waals surface area (Å²) < 4.78 is 145. The Morgan fingerprint density at radius 3 is 2.00 bits per heavy atom. The van der Waals surface area contributed by atoms with Crippen molar-refractivity contribution in [2.75, 3.05) is 0 Å². The van der Waals surface area contributed by atoms with Crippen LogP contribution < -0.4 is 0 Å². The molecular weight excluding hydrogens is 615 g/mol. The SMILES string of the molecule is [2H]c1c([2H])c([2H])c(-c2c([2H])c([2H])c([2H])c(-c3c([2H])c([2H])c([2H])c4c3oc3c([2H])c(-c5nc(-c6ccccc6)nc(-c6ccc7oc8ccccc8c7c6)n5)c([2H])c([2H])c34)c2[2H])c([2H])c1[2H]. The van der Waals surface area contributed by atoms with Crippen molar-refractivity contribution < 1.29 is 29.4 Å². The second-order valence-electron chi connectivity index (χ2n) is 11.2. The lowest BCUT2D eigenvalue weighted by Crippen LogP contribution is -2.00. The van der Waals surface area contributed by atoms with E-state index < -0.39 is 124 Å². The van der Waals surface area contributed by atoms with Crippen LogP contribution in [0.1, 0.15) is 20.6 Å². The van der Waals surface area contributed by atoms with Crippen LogP contribution in [0.2, 0.25) is 0 Å². The summed E-state index contributed by atoms with van der Waals surface area (Å²) in [5, 5.41) is 1.04. The van der Waals surface area contributed by atoms with E-state index in [1.165, 1.54) is 0 Å². The smallest absolute Gasteiger partial charge is 0.164 e. The summed E-state index contributed by atoms with van der Waals surface area (Å²) >= 11 is 0. The molecule has 0 saturated heterocycles. The van der Waals surface area contributed by atoms with Crippen molar-refractivity contribution >= 4 is 43.9 Å². The van der Waals surface area contributed by atoms with Crippen LogP contribution in [0.5, 0.6) is 0 Å². The molecule has 0 amide bonds. The van der Waals surface area contributed by atoms with Crippen LogP contribution in [-0.2, 0) is 0 Å². The molecule has 234 valence electrons. The van der Waals surface area contributed by atoms with Crippen molar-refractivity contribution in [1.82, 2.24) is 15.0 Å². The summed E-state index contributed by atoms with van der Waals surface area (Å²) in [7, 11) is 0. The highest BCUT2D eigenvalue weighted by molar-refractivity contribution is 6.10. The molecular formula is C45H27N3O2. The first kappa shape index (κ1) is 17.0. The second kappa shape index (κ2) is 11.4. The predicted molar refractivity (Wildman–Crippen MR) is 202 cm³/mol. The molecule has 0 spiro atoms. The minimum absolute atomic E-state index is 0.161. The molecule has 0 aliphatic heterocycles. The largest absolute Gasteiger partial charge is 0.456 e. The highest BCUT2D eigenvalue weighted by Gasteiger charge is 2.17. The number of nitrogens with zero attached hydrogens (tertiary/aromatic N) is 3. The number of furan rings is 2. The summed E-state index contributed by atoms with van der Waals surface area (Å²) in [6.07, 6.45) is 0. The number of aromatic nitrogens is 3. The second-order valence-corrected chi connectivity index (χ2v) is 11.2. The molecule has 0 unspecified atom stereocenters. The molecule has 0 bridgehead atoms. The molecule has 0 fully saturated rings. The summed E-state index contributed by atoms with van der Waals surface area (Å²) in [6, 6.07) is 10.8. The molecule has 10 aromatic rings. The van der Waals surface area contributed by atoms with Gasteiger partial charge in [0.1, 0.15) is 22.3 Å². The van der Waals surface area contributed by atoms with E-state index in [0.29, 0.717) is 22.3 Å². The molecule has 0 N–H and O–H groups in total. The Kier molecular flexibility index (Phi) is 3.87. The van der Waals surface area contributed by atoms with E-state index in [9.17, 15) is 5.48 Å². The van der Waals surface area contributed by atoms with Gasteiger partial charge >= 0.3 is 0 Å². The quantitative estimate of drug-likeness (QED) is 0.184. The third kappa shape index (κ3) is 4.75. The molecule has 7 aromatic carbocycles. The van der Waals surface area contributed by atoms with Gasteiger partial charge in [-0.25, -0.2) is 15.0 Å². The standard InChI is InChI=1S/C45H27N3O2/c1-3-11-28(12-4-1)30-15-9-16-31(25-30)34-18-10-19-37-36-23-21-33(27-41(36)50-42(34)37)45-47-43(29-13-5-2-6-14-29)46-44(48-45)32-22-24-40-38(26-32)35-17-7-8-20-39(35)49-40/h1-27H/i1D,3D,4D,9D,10D,11D,12D,15D,16D,18D,19D,21D,23D,25D,27D. The minimum atomic E-state index is -0.846. The van der Waals surface area contributed by atoms with Crippen LogP contribution >= 0.6 is 0 Å². The summed E-state index contributed by atoms with van der Waals surface area (Å²) in [4.78, 5) is 14.2. The van der Waals surface area contributed by atoms with Crippen LogP contribution in [-0.4, -0.2) is 15.0 Å². The summed E-state index contributed by atoms with van der Waals surface area (Å²) in [5.74, 6) is 0.158. The first-order chi connectivity index (χ1) is 31.0. The number of benzene rings is 7. The number of fused-ring (bicyclic) bond motifs is 6. The van der Waals surface area contributed by atoms with Crippen molar-refractivity contribution in [2.45, 2.75) is 0 Å². The van der Waals surface area contributed by atoms with Crippen molar-refractivity contribution in [3.8, 4) is 56.4 Å². The molecule has 3 aromatic heterocycles. The average Bonchev–Trinajstić information content (AvgIpc) is 3.90. The first-order valence-corrected chi connectivity index (χ1v) is 15.4. The Labute approximate surface area is 308 Å². The number of hydrogen-bond acceptors (Lipinski definition) is 5. The Balaban J connectivity index is 1.26. The van der Waals surface area contributed by atoms with Crippen LogP contribution in [0.3, 0.4) is 0 Å². The van der Waals surface area contributed by atoms with Gasteiger partial charge in [0.15, 0.2) is 17.5 Å². The van der Waals surface area contributed by atoms with E-state index in [2.05, 4.69) is 4.98 Å². The fourth-order valence-electron chi connectivity index (χ4n) is 5.87. The molecule has 5 nitrogen and oxygen atoms in total. The third-order valence-corrected chi connectivity index (χ3v) is 8.21. The van der Waals surface area contributed by atoms with E-state index in [-0.39, 0.29) is 33.8 Å². The van der Waals surface area contributed by atoms with Gasteiger partial charge in [-0.1, -0.05) is 121 Å². The van der Waals surface area contributed by atoms with E-state index in [4.69, 9.17) is 33.9 Å². The van der Waals surface area contributed by atoms with Gasteiger partial charge in [0.2, 0.25) is 0 Å². The highest BCUT2D eigenvalue weighted by atomic mass is 16.3. The zero-order chi connectivity index (χ0) is 46.1. The summed E-state index contributed by atoms with van der Waals surface area (Å²) in [5.41, 5.74) is -1.05. The molecule has 0 aliphatic rings. The van der Waals surface area contributed by atoms with Crippen LogP contribution in [0.25, 0.3) is 100 Å². The van der Waals surface area contributed by atoms with Gasteiger partial charge in [0.25, 0.3) is 0 Å². The Hall–Kier alpha value is -6.85. The summed E-state index contributed by atoms with van der Waals surface area (Å²) in [6.45, 7) is 0. The van der Waals surface area contributed by atoms with Crippen molar-refractivity contribution in [2.24, 2.45) is 0 Å². The van der Waals surface area contributed by atoms with E-state index in [0.717, 1.165) is 10.8 Å². The topological polar surface area (TPSA) is 65.0 Å². The van der Waals surface area contributed by atoms with Gasteiger partial charge in [-0.2, -0.15) is 0 Å². The van der Waals surface area contributed by atoms with E-state index in [1.807, 2.05) is 36.4 Å². The molecule has 0 atom stereocenters. The average molecular weight is 657 g/mol. The maximum absolute atomic E-state index is 9.54. The van der Waals surface area contributed by atoms with Gasteiger partial charge in [0, 0.05) is 43.8 Å². The molecule has 3 heterocycles. The maximum atomic E-state index is 9.54. The number of rotatable bonds is 5. The molecule has 0 aliphatic carbocycles. The molecule has 0 saturated carbocycles. The minimum Gasteiger partial charge on any atom is -0.456 e. The van der Waals surface area contributed by atoms with Crippen molar-refractivity contribution in [3.63, 3.8) is 0 Å². The molecule has 10 rings (SSSR count). The maximum Gasteiger partial charge on any atom is 0.164 e. The highest BCUT2D eigenvalue weighted by Crippen LogP contribution is 2.39.